The number of aromatic nitrogens is 1. The molecule has 0 spiro atoms. The topological polar surface area (TPSA) is 25.2 Å². The predicted octanol–water partition coefficient (Wildman–Crippen LogP) is 3.96. The van der Waals surface area contributed by atoms with Gasteiger partial charge in [-0.2, -0.15) is 0 Å². The van der Waals surface area contributed by atoms with Crippen molar-refractivity contribution in [3.8, 4) is 0 Å². The Balaban J connectivity index is 0.000000637. The molecule has 0 saturated carbocycles. The summed E-state index contributed by atoms with van der Waals surface area (Å²) in [5, 5.41) is 0. The molecule has 2 heteroatoms. The maximum Gasteiger partial charge on any atom is 0.0649 e. The van der Waals surface area contributed by atoms with Crippen molar-refractivity contribution in [1.29, 1.82) is 0 Å². The van der Waals surface area contributed by atoms with Gasteiger partial charge in [-0.3, -0.25) is 9.98 Å². The van der Waals surface area contributed by atoms with Crippen molar-refractivity contribution in [2.75, 3.05) is 0 Å². The number of rotatable bonds is 2. The first-order chi connectivity index (χ1) is 9.34. The third-order valence-electron chi connectivity index (χ3n) is 3.27. The summed E-state index contributed by atoms with van der Waals surface area (Å²) in [6.45, 7) is 6.95. The van der Waals surface area contributed by atoms with Crippen LogP contribution < -0.4 is 0 Å². The SMILES string of the molecule is CC.Cc1ccncc1CC1=NCc2ccccc21. The van der Waals surface area contributed by atoms with Gasteiger partial charge in [-0.15, -0.1) is 0 Å². The van der Waals surface area contributed by atoms with Crippen molar-refractivity contribution in [2.45, 2.75) is 33.7 Å². The number of hydrogen-bond donors (Lipinski definition) is 0. The summed E-state index contributed by atoms with van der Waals surface area (Å²) in [5.74, 6) is 0. The number of hydrogen-bond acceptors (Lipinski definition) is 2. The molecular weight excluding hydrogens is 232 g/mol. The minimum absolute atomic E-state index is 0.824. The van der Waals surface area contributed by atoms with Gasteiger partial charge in [0.25, 0.3) is 0 Å². The largest absolute Gasteiger partial charge is 0.284 e. The molecule has 0 aliphatic carbocycles. The van der Waals surface area contributed by atoms with Gasteiger partial charge in [-0.1, -0.05) is 38.1 Å². The van der Waals surface area contributed by atoms with Crippen molar-refractivity contribution >= 4 is 5.71 Å². The van der Waals surface area contributed by atoms with Crippen molar-refractivity contribution in [2.24, 2.45) is 4.99 Å². The molecule has 2 heterocycles. The summed E-state index contributed by atoms with van der Waals surface area (Å²) in [7, 11) is 0. The maximum absolute atomic E-state index is 4.63. The maximum atomic E-state index is 4.63. The number of aryl methyl sites for hydroxylation is 1. The minimum atomic E-state index is 0.824. The van der Waals surface area contributed by atoms with E-state index in [1.807, 2.05) is 26.2 Å². The molecule has 1 aliphatic rings. The number of fused-ring (bicyclic) bond motifs is 1. The van der Waals surface area contributed by atoms with E-state index in [9.17, 15) is 0 Å². The third-order valence-corrected chi connectivity index (χ3v) is 3.27. The fourth-order valence-electron chi connectivity index (χ4n) is 2.22. The van der Waals surface area contributed by atoms with Crippen LogP contribution in [0.15, 0.2) is 47.7 Å². The molecular formula is C17H20N2. The van der Waals surface area contributed by atoms with E-state index >= 15 is 0 Å². The monoisotopic (exact) mass is 252 g/mol. The normalized spacial score (nSPS) is 12.3. The van der Waals surface area contributed by atoms with Crippen molar-refractivity contribution in [3.63, 3.8) is 0 Å². The lowest BCUT2D eigenvalue weighted by molar-refractivity contribution is 1.10. The first-order valence-corrected chi connectivity index (χ1v) is 6.85. The molecule has 2 nitrogen and oxygen atoms in total. The highest BCUT2D eigenvalue weighted by atomic mass is 14.8. The van der Waals surface area contributed by atoms with Crippen LogP contribution in [0.1, 0.15) is 36.1 Å². The van der Waals surface area contributed by atoms with E-state index in [0.29, 0.717) is 0 Å². The van der Waals surface area contributed by atoms with Crippen molar-refractivity contribution in [1.82, 2.24) is 4.98 Å². The highest BCUT2D eigenvalue weighted by Crippen LogP contribution is 2.21. The quantitative estimate of drug-likeness (QED) is 0.794. The van der Waals surface area contributed by atoms with Gasteiger partial charge in [0.2, 0.25) is 0 Å². The molecule has 1 aliphatic heterocycles. The molecule has 0 radical (unpaired) electrons. The van der Waals surface area contributed by atoms with Gasteiger partial charge in [0.15, 0.2) is 0 Å². The van der Waals surface area contributed by atoms with Crippen LogP contribution in [0, 0.1) is 6.92 Å². The number of benzene rings is 1. The Bertz CT molecular complexity index is 585. The molecule has 0 bridgehead atoms. The molecule has 0 atom stereocenters. The van der Waals surface area contributed by atoms with E-state index in [4.69, 9.17) is 0 Å². The first-order valence-electron chi connectivity index (χ1n) is 6.85. The average molecular weight is 252 g/mol. The summed E-state index contributed by atoms with van der Waals surface area (Å²) in [4.78, 5) is 8.82. The van der Waals surface area contributed by atoms with Gasteiger partial charge >= 0.3 is 0 Å². The Morgan fingerprint density at radius 2 is 1.89 bits per heavy atom. The van der Waals surface area contributed by atoms with E-state index in [0.717, 1.165) is 13.0 Å². The van der Waals surface area contributed by atoms with Crippen LogP contribution in [-0.4, -0.2) is 10.7 Å². The van der Waals surface area contributed by atoms with E-state index in [1.54, 1.807) is 0 Å². The van der Waals surface area contributed by atoms with Gasteiger partial charge < -0.3 is 0 Å². The molecule has 0 saturated heterocycles. The van der Waals surface area contributed by atoms with Crippen molar-refractivity contribution < 1.29 is 0 Å². The summed E-state index contributed by atoms with van der Waals surface area (Å²) in [6, 6.07) is 10.5. The van der Waals surface area contributed by atoms with Crippen LogP contribution in [0.5, 0.6) is 0 Å². The Morgan fingerprint density at radius 3 is 2.68 bits per heavy atom. The highest BCUT2D eigenvalue weighted by Gasteiger charge is 2.15. The molecule has 0 amide bonds. The zero-order valence-corrected chi connectivity index (χ0v) is 11.9. The Hall–Kier alpha value is -1.96. The lowest BCUT2D eigenvalue weighted by Crippen LogP contribution is -2.04. The summed E-state index contributed by atoms with van der Waals surface area (Å²) in [6.07, 6.45) is 4.67. The Labute approximate surface area is 115 Å². The second-order valence-electron chi connectivity index (χ2n) is 4.40. The van der Waals surface area contributed by atoms with E-state index < -0.39 is 0 Å². The van der Waals surface area contributed by atoms with Gasteiger partial charge in [0.1, 0.15) is 0 Å². The minimum Gasteiger partial charge on any atom is -0.284 e. The highest BCUT2D eigenvalue weighted by molar-refractivity contribution is 6.04. The van der Waals surface area contributed by atoms with Gasteiger partial charge in [-0.05, 0) is 29.7 Å². The smallest absolute Gasteiger partial charge is 0.0649 e. The summed E-state index contributed by atoms with van der Waals surface area (Å²) in [5.41, 5.74) is 6.38. The lowest BCUT2D eigenvalue weighted by Gasteiger charge is -2.06. The van der Waals surface area contributed by atoms with Crippen molar-refractivity contribution in [3.05, 3.63) is 65.0 Å². The second kappa shape index (κ2) is 6.28. The average Bonchev–Trinajstić information content (AvgIpc) is 2.87. The zero-order chi connectivity index (χ0) is 13.7. The zero-order valence-electron chi connectivity index (χ0n) is 11.9. The fourth-order valence-corrected chi connectivity index (χ4v) is 2.22. The molecule has 0 N–H and O–H groups in total. The Kier molecular flexibility index (Phi) is 4.45. The second-order valence-corrected chi connectivity index (χ2v) is 4.40. The molecule has 1 aromatic heterocycles. The van der Waals surface area contributed by atoms with E-state index in [1.165, 1.54) is 28.0 Å². The molecule has 1 aromatic carbocycles. The molecule has 0 fully saturated rings. The third kappa shape index (κ3) is 2.90. The van der Waals surface area contributed by atoms with Crippen LogP contribution in [0.3, 0.4) is 0 Å². The molecule has 3 rings (SSSR count). The van der Waals surface area contributed by atoms with Crippen LogP contribution in [0.2, 0.25) is 0 Å². The molecule has 19 heavy (non-hydrogen) atoms. The predicted molar refractivity (Wildman–Crippen MR) is 80.7 cm³/mol. The van der Waals surface area contributed by atoms with Gasteiger partial charge in [0, 0.05) is 30.1 Å². The molecule has 0 unspecified atom stereocenters. The number of pyridine rings is 1. The number of nitrogens with zero attached hydrogens (tertiary/aromatic N) is 2. The standard InChI is InChI=1S/C15H14N2.C2H6/c1-11-6-7-16-9-13(11)8-15-14-5-3-2-4-12(14)10-17-15;1-2/h2-7,9H,8,10H2,1H3;1-2H3. The van der Waals surface area contributed by atoms with Gasteiger partial charge in [-0.25, -0.2) is 0 Å². The van der Waals surface area contributed by atoms with E-state index in [-0.39, 0.29) is 0 Å². The van der Waals surface area contributed by atoms with E-state index in [2.05, 4.69) is 47.2 Å². The Morgan fingerprint density at radius 1 is 1.11 bits per heavy atom. The first kappa shape index (κ1) is 13.5. The van der Waals surface area contributed by atoms with Gasteiger partial charge in [0.05, 0.1) is 6.54 Å². The number of aliphatic imine (C=N–C) groups is 1. The van der Waals surface area contributed by atoms with Crippen LogP contribution in [0.25, 0.3) is 0 Å². The summed E-state index contributed by atoms with van der Waals surface area (Å²) >= 11 is 0. The van der Waals surface area contributed by atoms with Crippen LogP contribution in [-0.2, 0) is 13.0 Å². The van der Waals surface area contributed by atoms with Crippen LogP contribution in [0.4, 0.5) is 0 Å². The lowest BCUT2D eigenvalue weighted by atomic mass is 9.99. The molecule has 2 aromatic rings. The fraction of sp³-hybridized carbons (Fsp3) is 0.294. The van der Waals surface area contributed by atoms with Crippen LogP contribution >= 0.6 is 0 Å². The summed E-state index contributed by atoms with van der Waals surface area (Å²) < 4.78 is 0. The molecule has 98 valence electrons.